The van der Waals surface area contributed by atoms with Crippen molar-refractivity contribution >= 4 is 33.1 Å². The van der Waals surface area contributed by atoms with Gasteiger partial charge in [0.1, 0.15) is 0 Å². The highest BCUT2D eigenvalue weighted by Crippen LogP contribution is 2.37. The molecule has 5 rings (SSSR count). The number of aryl methyl sites for hydroxylation is 3. The molecule has 184 valence electrons. The first-order chi connectivity index (χ1) is 17.8. The van der Waals surface area contributed by atoms with E-state index in [0.29, 0.717) is 11.3 Å². The van der Waals surface area contributed by atoms with Crippen molar-refractivity contribution in [3.05, 3.63) is 136 Å². The molecule has 4 aromatic rings. The number of nitrogens with one attached hydrogen (secondary N) is 1. The van der Waals surface area contributed by atoms with Gasteiger partial charge in [0.15, 0.2) is 5.84 Å². The molecule has 0 bridgehead atoms. The number of amidine groups is 1. The topological polar surface area (TPSA) is 71.4 Å². The van der Waals surface area contributed by atoms with Crippen molar-refractivity contribution in [1.82, 2.24) is 10.3 Å². The van der Waals surface area contributed by atoms with Gasteiger partial charge in [-0.3, -0.25) is 4.98 Å². The van der Waals surface area contributed by atoms with E-state index in [4.69, 9.17) is 0 Å². The highest BCUT2D eigenvalue weighted by atomic mass is 32.2. The molecule has 0 saturated carbocycles. The van der Waals surface area contributed by atoms with Crippen LogP contribution in [0.4, 0.5) is 0 Å². The molecule has 0 radical (unpaired) electrons. The number of hydrogen-bond donors (Lipinski definition) is 1. The Labute approximate surface area is 218 Å². The standard InChI is InChI=1S/C31H27N3O2S/c1-21-12-16-26(17-13-21)37(35,36)34-31-30(27-11-7-8-18-32-27)29(25-9-5-4-6-10-25)28(33-31)20-24-15-14-22(2)23(3)19-24/h4-20H,1-3H3,(H,33,34)/b28-20-. The van der Waals surface area contributed by atoms with Crippen LogP contribution < -0.4 is 5.32 Å². The summed E-state index contributed by atoms with van der Waals surface area (Å²) in [5, 5.41) is 3.33. The first kappa shape index (κ1) is 24.4. The highest BCUT2D eigenvalue weighted by Gasteiger charge is 2.30. The summed E-state index contributed by atoms with van der Waals surface area (Å²) in [5.41, 5.74) is 8.17. The van der Waals surface area contributed by atoms with Gasteiger partial charge in [-0.05, 0) is 73.4 Å². The lowest BCUT2D eigenvalue weighted by Gasteiger charge is -2.09. The van der Waals surface area contributed by atoms with Crippen molar-refractivity contribution in [2.24, 2.45) is 4.40 Å². The van der Waals surface area contributed by atoms with Crippen LogP contribution >= 0.6 is 0 Å². The van der Waals surface area contributed by atoms with E-state index in [2.05, 4.69) is 46.7 Å². The van der Waals surface area contributed by atoms with Crippen molar-refractivity contribution in [2.75, 3.05) is 0 Å². The van der Waals surface area contributed by atoms with Crippen LogP contribution in [0.1, 0.15) is 33.5 Å². The second kappa shape index (κ2) is 9.99. The first-order valence-corrected chi connectivity index (χ1v) is 13.5. The molecule has 3 aromatic carbocycles. The Bertz CT molecular complexity index is 1650. The number of allylic oxidation sites excluding steroid dienone is 1. The van der Waals surface area contributed by atoms with Gasteiger partial charge in [-0.2, -0.15) is 8.42 Å². The maximum atomic E-state index is 13.4. The number of rotatable bonds is 5. The average molecular weight is 506 g/mol. The number of nitrogens with zero attached hydrogens (tertiary/aromatic N) is 2. The molecule has 0 aliphatic carbocycles. The fourth-order valence-electron chi connectivity index (χ4n) is 4.25. The van der Waals surface area contributed by atoms with Crippen LogP contribution in [0.25, 0.3) is 17.2 Å². The van der Waals surface area contributed by atoms with E-state index in [-0.39, 0.29) is 10.7 Å². The number of hydrogen-bond acceptors (Lipinski definition) is 3. The van der Waals surface area contributed by atoms with Crippen LogP contribution in [0.5, 0.6) is 0 Å². The molecular formula is C31H27N3O2S. The van der Waals surface area contributed by atoms with Gasteiger partial charge in [0.2, 0.25) is 0 Å². The molecule has 1 aliphatic rings. The van der Waals surface area contributed by atoms with Gasteiger partial charge in [-0.15, -0.1) is 4.40 Å². The van der Waals surface area contributed by atoms with Gasteiger partial charge in [-0.25, -0.2) is 0 Å². The minimum absolute atomic E-state index is 0.139. The third kappa shape index (κ3) is 5.15. The predicted molar refractivity (Wildman–Crippen MR) is 150 cm³/mol. The predicted octanol–water partition coefficient (Wildman–Crippen LogP) is 6.35. The summed E-state index contributed by atoms with van der Waals surface area (Å²) >= 11 is 0. The van der Waals surface area contributed by atoms with E-state index in [0.717, 1.165) is 28.0 Å². The zero-order valence-corrected chi connectivity index (χ0v) is 21.8. The molecule has 0 amide bonds. The molecule has 0 saturated heterocycles. The molecule has 6 heteroatoms. The van der Waals surface area contributed by atoms with Crippen LogP contribution in [0.15, 0.2) is 112 Å². The first-order valence-electron chi connectivity index (χ1n) is 12.0. The number of pyridine rings is 1. The van der Waals surface area contributed by atoms with E-state index < -0.39 is 10.0 Å². The Morgan fingerprint density at radius 2 is 1.51 bits per heavy atom. The number of aromatic nitrogens is 1. The minimum atomic E-state index is -3.98. The Morgan fingerprint density at radius 3 is 2.19 bits per heavy atom. The smallest absolute Gasteiger partial charge is 0.284 e. The van der Waals surface area contributed by atoms with Gasteiger partial charge in [-0.1, -0.05) is 72.3 Å². The van der Waals surface area contributed by atoms with E-state index in [9.17, 15) is 8.42 Å². The number of benzene rings is 3. The fraction of sp³-hybridized carbons (Fsp3) is 0.0968. The van der Waals surface area contributed by atoms with Gasteiger partial charge >= 0.3 is 0 Å². The van der Waals surface area contributed by atoms with Crippen molar-refractivity contribution in [3.63, 3.8) is 0 Å². The van der Waals surface area contributed by atoms with Gasteiger partial charge < -0.3 is 5.32 Å². The van der Waals surface area contributed by atoms with E-state index >= 15 is 0 Å². The summed E-state index contributed by atoms with van der Waals surface area (Å²) in [4.78, 5) is 4.71. The van der Waals surface area contributed by atoms with Crippen LogP contribution in [0.2, 0.25) is 0 Å². The molecule has 5 nitrogen and oxygen atoms in total. The SMILES string of the molecule is Cc1ccc(S(=O)(=O)/N=C2/N/C(=C\c3ccc(C)c(C)c3)C(c3ccccc3)=C2c2ccccn2)cc1. The molecule has 37 heavy (non-hydrogen) atoms. The van der Waals surface area contributed by atoms with Crippen LogP contribution in [-0.2, 0) is 10.0 Å². The molecule has 0 atom stereocenters. The molecular weight excluding hydrogens is 478 g/mol. The van der Waals surface area contributed by atoms with Crippen LogP contribution in [0, 0.1) is 20.8 Å². The molecule has 1 aliphatic heterocycles. The Kier molecular flexibility index (Phi) is 6.59. The zero-order valence-electron chi connectivity index (χ0n) is 20.9. The Balaban J connectivity index is 1.76. The van der Waals surface area contributed by atoms with E-state index in [1.54, 1.807) is 30.5 Å². The summed E-state index contributed by atoms with van der Waals surface area (Å²) in [6, 6.07) is 28.4. The molecule has 0 spiro atoms. The maximum Gasteiger partial charge on any atom is 0.284 e. The van der Waals surface area contributed by atoms with Crippen molar-refractivity contribution in [2.45, 2.75) is 25.7 Å². The second-order valence-electron chi connectivity index (χ2n) is 9.09. The number of sulfonamides is 1. The minimum Gasteiger partial charge on any atom is -0.338 e. The quantitative estimate of drug-likeness (QED) is 0.343. The van der Waals surface area contributed by atoms with Crippen molar-refractivity contribution < 1.29 is 8.42 Å². The summed E-state index contributed by atoms with van der Waals surface area (Å²) in [6.45, 7) is 6.07. The van der Waals surface area contributed by atoms with Crippen LogP contribution in [-0.4, -0.2) is 19.2 Å². The lowest BCUT2D eigenvalue weighted by molar-refractivity contribution is 0.598. The normalized spacial score (nSPS) is 15.9. The van der Waals surface area contributed by atoms with Gasteiger partial charge in [0.25, 0.3) is 10.0 Å². The third-order valence-corrected chi connectivity index (χ3v) is 7.66. The zero-order chi connectivity index (χ0) is 26.0. The summed E-state index contributed by atoms with van der Waals surface area (Å²) in [6.07, 6.45) is 3.72. The largest absolute Gasteiger partial charge is 0.338 e. The lowest BCUT2D eigenvalue weighted by atomic mass is 9.96. The fourth-order valence-corrected chi connectivity index (χ4v) is 5.21. The highest BCUT2D eigenvalue weighted by molar-refractivity contribution is 7.90. The molecule has 0 unspecified atom stereocenters. The third-order valence-electron chi connectivity index (χ3n) is 6.36. The van der Waals surface area contributed by atoms with E-state index in [1.165, 1.54) is 11.1 Å². The Hall–Kier alpha value is -4.29. The maximum absolute atomic E-state index is 13.4. The van der Waals surface area contributed by atoms with Crippen LogP contribution in [0.3, 0.4) is 0 Å². The lowest BCUT2D eigenvalue weighted by Crippen LogP contribution is -2.19. The monoisotopic (exact) mass is 505 g/mol. The molecule has 1 N–H and O–H groups in total. The molecule has 2 heterocycles. The Morgan fingerprint density at radius 1 is 0.784 bits per heavy atom. The van der Waals surface area contributed by atoms with Gasteiger partial charge in [0, 0.05) is 17.5 Å². The second-order valence-corrected chi connectivity index (χ2v) is 10.7. The van der Waals surface area contributed by atoms with Gasteiger partial charge in [0.05, 0.1) is 16.2 Å². The van der Waals surface area contributed by atoms with Crippen molar-refractivity contribution in [1.29, 1.82) is 0 Å². The molecule has 0 fully saturated rings. The summed E-state index contributed by atoms with van der Waals surface area (Å²) in [5.74, 6) is 0.244. The summed E-state index contributed by atoms with van der Waals surface area (Å²) in [7, 11) is -3.98. The molecule has 1 aromatic heterocycles. The summed E-state index contributed by atoms with van der Waals surface area (Å²) < 4.78 is 31.1. The van der Waals surface area contributed by atoms with Crippen molar-refractivity contribution in [3.8, 4) is 0 Å². The van der Waals surface area contributed by atoms with E-state index in [1.807, 2.05) is 61.5 Å². The average Bonchev–Trinajstić information content (AvgIpc) is 3.24.